The van der Waals surface area contributed by atoms with Crippen LogP contribution in [0.1, 0.15) is 41.4 Å². The maximum Gasteiger partial charge on any atom is 0.387 e. The molecule has 1 unspecified atom stereocenters. The first-order valence-electron chi connectivity index (χ1n) is 9.64. The Labute approximate surface area is 183 Å². The van der Waals surface area contributed by atoms with Crippen LogP contribution in [0.4, 0.5) is 8.78 Å². The van der Waals surface area contributed by atoms with Crippen molar-refractivity contribution in [2.45, 2.75) is 33.0 Å². The fourth-order valence-corrected chi connectivity index (χ4v) is 3.65. The Morgan fingerprint density at radius 2 is 2.03 bits per heavy atom. The van der Waals surface area contributed by atoms with Crippen molar-refractivity contribution < 1.29 is 28.2 Å². The summed E-state index contributed by atoms with van der Waals surface area (Å²) < 4.78 is 29.2. The molecular formula is C22H23ClF2N2O4. The van der Waals surface area contributed by atoms with Crippen LogP contribution in [0.2, 0.25) is 5.02 Å². The van der Waals surface area contributed by atoms with E-state index in [-0.39, 0.29) is 31.4 Å². The van der Waals surface area contributed by atoms with Crippen molar-refractivity contribution in [3.63, 3.8) is 0 Å². The SMILES string of the molecule is CC(C)(CO)CN1C(=O)c2ccc(Cl)cc2C1C(=O)NCc1cccc(OC(F)F)c1. The maximum absolute atomic E-state index is 13.1. The zero-order valence-corrected chi connectivity index (χ0v) is 17.8. The topological polar surface area (TPSA) is 78.9 Å². The van der Waals surface area contributed by atoms with E-state index in [4.69, 9.17) is 11.6 Å². The summed E-state index contributed by atoms with van der Waals surface area (Å²) in [5.74, 6) is -0.773. The van der Waals surface area contributed by atoms with Gasteiger partial charge in [0.1, 0.15) is 11.8 Å². The number of halogens is 3. The van der Waals surface area contributed by atoms with Gasteiger partial charge in [0.05, 0.1) is 0 Å². The molecule has 9 heteroatoms. The fraction of sp³-hybridized carbons (Fsp3) is 0.364. The molecule has 1 aliphatic heterocycles. The quantitative estimate of drug-likeness (QED) is 0.639. The molecule has 1 atom stereocenters. The second-order valence-electron chi connectivity index (χ2n) is 8.13. The van der Waals surface area contributed by atoms with Gasteiger partial charge >= 0.3 is 6.61 Å². The third-order valence-electron chi connectivity index (χ3n) is 4.98. The van der Waals surface area contributed by atoms with E-state index in [9.17, 15) is 23.5 Å². The normalized spacial score (nSPS) is 15.9. The Morgan fingerprint density at radius 1 is 1.29 bits per heavy atom. The number of nitrogens with zero attached hydrogens (tertiary/aromatic N) is 1. The molecule has 0 spiro atoms. The van der Waals surface area contributed by atoms with Crippen LogP contribution in [0, 0.1) is 5.41 Å². The van der Waals surface area contributed by atoms with Gasteiger partial charge in [-0.05, 0) is 41.5 Å². The lowest BCUT2D eigenvalue weighted by Crippen LogP contribution is -2.44. The molecule has 0 aliphatic carbocycles. The molecule has 1 heterocycles. The second kappa shape index (κ2) is 9.20. The van der Waals surface area contributed by atoms with E-state index in [1.807, 2.05) is 0 Å². The van der Waals surface area contributed by atoms with Gasteiger partial charge in [-0.3, -0.25) is 9.59 Å². The summed E-state index contributed by atoms with van der Waals surface area (Å²) in [5.41, 5.74) is 0.801. The number of ether oxygens (including phenoxy) is 1. The summed E-state index contributed by atoms with van der Waals surface area (Å²) >= 11 is 6.10. The highest BCUT2D eigenvalue weighted by Crippen LogP contribution is 2.37. The van der Waals surface area contributed by atoms with Crippen LogP contribution < -0.4 is 10.1 Å². The molecule has 3 rings (SSSR count). The number of carbonyl (C=O) groups is 2. The van der Waals surface area contributed by atoms with Gasteiger partial charge in [0.15, 0.2) is 0 Å². The van der Waals surface area contributed by atoms with Crippen LogP contribution in [0.25, 0.3) is 0 Å². The van der Waals surface area contributed by atoms with E-state index in [2.05, 4.69) is 10.1 Å². The number of rotatable bonds is 8. The lowest BCUT2D eigenvalue weighted by Gasteiger charge is -2.32. The van der Waals surface area contributed by atoms with Crippen LogP contribution in [0.5, 0.6) is 5.75 Å². The van der Waals surface area contributed by atoms with Crippen LogP contribution >= 0.6 is 11.6 Å². The van der Waals surface area contributed by atoms with Gasteiger partial charge in [-0.15, -0.1) is 0 Å². The van der Waals surface area contributed by atoms with E-state index >= 15 is 0 Å². The molecule has 2 aromatic rings. The van der Waals surface area contributed by atoms with E-state index in [1.165, 1.54) is 17.0 Å². The molecule has 0 radical (unpaired) electrons. The molecule has 166 valence electrons. The molecule has 0 saturated carbocycles. The Morgan fingerprint density at radius 3 is 2.71 bits per heavy atom. The van der Waals surface area contributed by atoms with Crippen LogP contribution in [-0.2, 0) is 11.3 Å². The maximum atomic E-state index is 13.1. The number of hydrogen-bond acceptors (Lipinski definition) is 4. The lowest BCUT2D eigenvalue weighted by molar-refractivity contribution is -0.126. The number of nitrogens with one attached hydrogen (secondary N) is 1. The lowest BCUT2D eigenvalue weighted by atomic mass is 9.93. The first-order valence-corrected chi connectivity index (χ1v) is 10.0. The highest BCUT2D eigenvalue weighted by molar-refractivity contribution is 6.31. The van der Waals surface area contributed by atoms with Crippen molar-refractivity contribution in [1.29, 1.82) is 0 Å². The van der Waals surface area contributed by atoms with Gasteiger partial charge in [-0.2, -0.15) is 8.78 Å². The Bertz CT molecular complexity index is 984. The monoisotopic (exact) mass is 452 g/mol. The third kappa shape index (κ3) is 5.32. The molecule has 31 heavy (non-hydrogen) atoms. The summed E-state index contributed by atoms with van der Waals surface area (Å²) in [6.07, 6.45) is 0. The van der Waals surface area contributed by atoms with E-state index in [0.29, 0.717) is 21.7 Å². The Balaban J connectivity index is 1.83. The van der Waals surface area contributed by atoms with Crippen LogP contribution in [0.15, 0.2) is 42.5 Å². The third-order valence-corrected chi connectivity index (χ3v) is 5.21. The first kappa shape index (κ1) is 23.0. The standard InChI is InChI=1S/C22H23ClF2N2O4/c1-22(2,12-28)11-27-18(17-9-14(23)6-7-16(17)20(27)30)19(29)26-10-13-4-3-5-15(8-13)31-21(24)25/h3-9,18,21,28H,10-12H2,1-2H3,(H,26,29). The van der Waals surface area contributed by atoms with Gasteiger partial charge in [-0.25, -0.2) is 0 Å². The number of amides is 2. The zero-order chi connectivity index (χ0) is 22.8. The van der Waals surface area contributed by atoms with Crippen LogP contribution in [-0.4, -0.2) is 41.6 Å². The van der Waals surface area contributed by atoms with Crippen molar-refractivity contribution >= 4 is 23.4 Å². The summed E-state index contributed by atoms with van der Waals surface area (Å²) in [6.45, 7) is 0.680. The number of aliphatic hydroxyl groups is 1. The molecule has 2 aromatic carbocycles. The Kier molecular flexibility index (Phi) is 6.81. The minimum Gasteiger partial charge on any atom is -0.435 e. The van der Waals surface area contributed by atoms with Gasteiger partial charge in [0.2, 0.25) is 5.91 Å². The first-order chi connectivity index (χ1) is 14.6. The number of fused-ring (bicyclic) bond motifs is 1. The molecule has 2 amide bonds. The highest BCUT2D eigenvalue weighted by Gasteiger charge is 2.43. The number of carbonyl (C=O) groups excluding carboxylic acids is 2. The fourth-order valence-electron chi connectivity index (χ4n) is 3.47. The van der Waals surface area contributed by atoms with Gasteiger partial charge < -0.3 is 20.1 Å². The van der Waals surface area contributed by atoms with Crippen molar-refractivity contribution in [1.82, 2.24) is 10.2 Å². The minimum absolute atomic E-state index is 0.0127. The van der Waals surface area contributed by atoms with Crippen molar-refractivity contribution in [2.75, 3.05) is 13.2 Å². The van der Waals surface area contributed by atoms with Gasteiger partial charge in [0.25, 0.3) is 5.91 Å². The summed E-state index contributed by atoms with van der Waals surface area (Å²) in [7, 11) is 0. The number of benzene rings is 2. The molecule has 0 bridgehead atoms. The summed E-state index contributed by atoms with van der Waals surface area (Å²) in [5, 5.41) is 12.8. The molecule has 0 fully saturated rings. The van der Waals surface area contributed by atoms with E-state index < -0.39 is 24.0 Å². The summed E-state index contributed by atoms with van der Waals surface area (Å²) in [6, 6.07) is 9.84. The predicted molar refractivity (Wildman–Crippen MR) is 111 cm³/mol. The molecule has 2 N–H and O–H groups in total. The van der Waals surface area contributed by atoms with Crippen molar-refractivity contribution in [3.8, 4) is 5.75 Å². The highest BCUT2D eigenvalue weighted by atomic mass is 35.5. The molecule has 0 saturated heterocycles. The summed E-state index contributed by atoms with van der Waals surface area (Å²) in [4.78, 5) is 27.5. The second-order valence-corrected chi connectivity index (χ2v) is 8.57. The molecular weight excluding hydrogens is 430 g/mol. The predicted octanol–water partition coefficient (Wildman–Crippen LogP) is 3.77. The van der Waals surface area contributed by atoms with E-state index in [1.54, 1.807) is 44.2 Å². The van der Waals surface area contributed by atoms with Crippen molar-refractivity contribution in [3.05, 3.63) is 64.2 Å². The number of alkyl halides is 2. The molecule has 0 aromatic heterocycles. The van der Waals surface area contributed by atoms with Crippen LogP contribution in [0.3, 0.4) is 0 Å². The average Bonchev–Trinajstić information content (AvgIpc) is 2.96. The van der Waals surface area contributed by atoms with Crippen molar-refractivity contribution in [2.24, 2.45) is 5.41 Å². The van der Waals surface area contributed by atoms with E-state index in [0.717, 1.165) is 0 Å². The molecule has 1 aliphatic rings. The van der Waals surface area contributed by atoms with Gasteiger partial charge in [0, 0.05) is 35.7 Å². The number of aliphatic hydroxyl groups excluding tert-OH is 1. The zero-order valence-electron chi connectivity index (χ0n) is 17.1. The largest absolute Gasteiger partial charge is 0.435 e. The van der Waals surface area contributed by atoms with Gasteiger partial charge in [-0.1, -0.05) is 37.6 Å². The molecule has 6 nitrogen and oxygen atoms in total. The number of hydrogen-bond donors (Lipinski definition) is 2. The average molecular weight is 453 g/mol. The smallest absolute Gasteiger partial charge is 0.387 e. The minimum atomic E-state index is -2.95. The Hall–Kier alpha value is -2.71.